The van der Waals surface area contributed by atoms with E-state index < -0.39 is 9.84 Å². The molecule has 1 saturated heterocycles. The lowest BCUT2D eigenvalue weighted by molar-refractivity contribution is -0.130. The van der Waals surface area contributed by atoms with Crippen molar-refractivity contribution in [2.75, 3.05) is 23.8 Å². The molecule has 7 nitrogen and oxygen atoms in total. The maximum atomic E-state index is 14.6. The van der Waals surface area contributed by atoms with Crippen LogP contribution in [0.4, 0.5) is 4.39 Å². The minimum Gasteiger partial charge on any atom is -0.338 e. The van der Waals surface area contributed by atoms with Gasteiger partial charge in [-0.1, -0.05) is 50.1 Å². The summed E-state index contributed by atoms with van der Waals surface area (Å²) in [5, 5.41) is 9.29. The van der Waals surface area contributed by atoms with Crippen molar-refractivity contribution in [3.63, 3.8) is 0 Å². The lowest BCUT2D eigenvalue weighted by Crippen LogP contribution is -2.42. The third-order valence-corrected chi connectivity index (χ3v) is 9.16. The zero-order valence-electron chi connectivity index (χ0n) is 19.0. The van der Waals surface area contributed by atoms with E-state index in [1.165, 1.54) is 24.2 Å². The van der Waals surface area contributed by atoms with Gasteiger partial charge in [0, 0.05) is 18.6 Å². The molecule has 10 heteroatoms. The Hall–Kier alpha value is -1.94. The minimum absolute atomic E-state index is 0.0408. The predicted octanol–water partition coefficient (Wildman–Crippen LogP) is 4.11. The van der Waals surface area contributed by atoms with Crippen LogP contribution in [0.1, 0.15) is 57.9 Å². The molecular weight excluding hydrogens is 463 g/mol. The van der Waals surface area contributed by atoms with Gasteiger partial charge in [0.25, 0.3) is 0 Å². The van der Waals surface area contributed by atoms with Gasteiger partial charge in [0.2, 0.25) is 5.91 Å². The molecule has 0 spiro atoms. The topological polar surface area (TPSA) is 85.2 Å². The first-order valence-electron chi connectivity index (χ1n) is 11.7. The average molecular weight is 495 g/mol. The Morgan fingerprint density at radius 2 is 1.94 bits per heavy atom. The highest BCUT2D eigenvalue weighted by Gasteiger charge is 2.34. The summed E-state index contributed by atoms with van der Waals surface area (Å²) in [4.78, 5) is 14.8. The van der Waals surface area contributed by atoms with Crippen LogP contribution in [0, 0.1) is 5.82 Å². The second-order valence-corrected chi connectivity index (χ2v) is 12.1. The Morgan fingerprint density at radius 1 is 1.18 bits per heavy atom. The molecule has 1 aliphatic carbocycles. The van der Waals surface area contributed by atoms with Crippen LogP contribution in [0.2, 0.25) is 0 Å². The summed E-state index contributed by atoms with van der Waals surface area (Å²) >= 11 is 1.31. The van der Waals surface area contributed by atoms with Crippen LogP contribution < -0.4 is 0 Å². The van der Waals surface area contributed by atoms with Crippen LogP contribution in [0.3, 0.4) is 0 Å². The molecule has 2 aromatic rings. The van der Waals surface area contributed by atoms with Crippen molar-refractivity contribution in [3.05, 3.63) is 30.1 Å². The summed E-state index contributed by atoms with van der Waals surface area (Å²) in [6.07, 6.45) is 6.60. The third-order valence-electron chi connectivity index (χ3n) is 6.48. The van der Waals surface area contributed by atoms with Gasteiger partial charge in [-0.2, -0.15) is 0 Å². The van der Waals surface area contributed by atoms with Crippen LogP contribution in [0.15, 0.2) is 29.4 Å². The number of nitrogens with zero attached hydrogens (tertiary/aromatic N) is 4. The lowest BCUT2D eigenvalue weighted by atomic mass is 9.95. The molecule has 33 heavy (non-hydrogen) atoms. The highest BCUT2D eigenvalue weighted by atomic mass is 32.2. The van der Waals surface area contributed by atoms with Crippen molar-refractivity contribution in [2.45, 2.75) is 69.1 Å². The van der Waals surface area contributed by atoms with E-state index in [0.29, 0.717) is 29.5 Å². The molecule has 1 aromatic heterocycles. The number of hydrogen-bond donors (Lipinski definition) is 0. The minimum atomic E-state index is -3.07. The molecule has 1 aliphatic heterocycles. The van der Waals surface area contributed by atoms with Crippen molar-refractivity contribution in [1.82, 2.24) is 19.7 Å². The number of carbonyl (C=O) groups is 1. The molecule has 1 unspecified atom stereocenters. The van der Waals surface area contributed by atoms with Crippen molar-refractivity contribution >= 4 is 27.5 Å². The van der Waals surface area contributed by atoms with Crippen molar-refractivity contribution in [1.29, 1.82) is 0 Å². The van der Waals surface area contributed by atoms with E-state index in [2.05, 4.69) is 10.2 Å². The van der Waals surface area contributed by atoms with Gasteiger partial charge in [0.15, 0.2) is 20.8 Å². The monoisotopic (exact) mass is 494 g/mol. The average Bonchev–Trinajstić information content (AvgIpc) is 3.39. The van der Waals surface area contributed by atoms with E-state index in [1.54, 1.807) is 23.1 Å². The van der Waals surface area contributed by atoms with Crippen molar-refractivity contribution < 1.29 is 17.6 Å². The number of aromatic nitrogens is 3. The van der Waals surface area contributed by atoms with E-state index in [9.17, 15) is 17.6 Å². The van der Waals surface area contributed by atoms with E-state index in [1.807, 2.05) is 11.5 Å². The normalized spacial score (nSPS) is 20.7. The smallest absolute Gasteiger partial charge is 0.233 e. The fraction of sp³-hybridized carbons (Fsp3) is 0.609. The zero-order chi connectivity index (χ0) is 23.4. The van der Waals surface area contributed by atoms with Gasteiger partial charge in [-0.25, -0.2) is 12.8 Å². The quantitative estimate of drug-likeness (QED) is 0.514. The Morgan fingerprint density at radius 3 is 2.61 bits per heavy atom. The van der Waals surface area contributed by atoms with E-state index in [-0.39, 0.29) is 41.1 Å². The third kappa shape index (κ3) is 5.59. The second kappa shape index (κ2) is 10.5. The van der Waals surface area contributed by atoms with Gasteiger partial charge in [0.1, 0.15) is 5.82 Å². The summed E-state index contributed by atoms with van der Waals surface area (Å²) < 4.78 is 40.5. The molecule has 1 amide bonds. The highest BCUT2D eigenvalue weighted by Crippen LogP contribution is 2.36. The van der Waals surface area contributed by atoms with Gasteiger partial charge in [-0.15, -0.1) is 10.2 Å². The maximum absolute atomic E-state index is 14.6. The van der Waals surface area contributed by atoms with E-state index in [4.69, 9.17) is 0 Å². The number of thioether (sulfide) groups is 1. The van der Waals surface area contributed by atoms with Crippen LogP contribution in [0.25, 0.3) is 11.4 Å². The van der Waals surface area contributed by atoms with Gasteiger partial charge in [-0.3, -0.25) is 9.36 Å². The molecular formula is C23H31FN4O3S2. The number of hydrogen-bond acceptors (Lipinski definition) is 6. The van der Waals surface area contributed by atoms with Crippen molar-refractivity contribution in [2.24, 2.45) is 0 Å². The van der Waals surface area contributed by atoms with E-state index in [0.717, 1.165) is 32.1 Å². The molecule has 180 valence electrons. The SMILES string of the molecule is CCCN(C(=O)CSc1nnc(-c2ccccc2F)n1C1CCCCC1)C1CCS(=O)(=O)C1. The first-order valence-corrected chi connectivity index (χ1v) is 14.5. The van der Waals surface area contributed by atoms with Crippen LogP contribution in [0.5, 0.6) is 0 Å². The van der Waals surface area contributed by atoms with Gasteiger partial charge in [0.05, 0.1) is 22.8 Å². The molecule has 1 saturated carbocycles. The summed E-state index contributed by atoms with van der Waals surface area (Å²) in [5.74, 6) is 0.404. The molecule has 1 aromatic carbocycles. The number of amides is 1. The summed E-state index contributed by atoms with van der Waals surface area (Å²) in [5.41, 5.74) is 0.414. The fourth-order valence-electron chi connectivity index (χ4n) is 4.85. The molecule has 1 atom stereocenters. The number of carbonyl (C=O) groups excluding carboxylic acids is 1. The largest absolute Gasteiger partial charge is 0.338 e. The first kappa shape index (κ1) is 24.2. The lowest BCUT2D eigenvalue weighted by Gasteiger charge is -2.28. The Kier molecular flexibility index (Phi) is 7.73. The Balaban J connectivity index is 1.56. The van der Waals surface area contributed by atoms with E-state index >= 15 is 0 Å². The highest BCUT2D eigenvalue weighted by molar-refractivity contribution is 7.99. The molecule has 0 bridgehead atoms. The van der Waals surface area contributed by atoms with Crippen LogP contribution in [-0.4, -0.2) is 63.8 Å². The number of benzene rings is 1. The van der Waals surface area contributed by atoms with Crippen LogP contribution >= 0.6 is 11.8 Å². The first-order chi connectivity index (χ1) is 15.9. The van der Waals surface area contributed by atoms with Gasteiger partial charge >= 0.3 is 0 Å². The standard InChI is InChI=1S/C23H31FN4O3S2/c1-2-13-27(18-12-14-33(30,31)16-18)21(29)15-32-23-26-25-22(19-10-6-7-11-20(19)24)28(23)17-8-4-3-5-9-17/h6-7,10-11,17-18H,2-5,8-9,12-16H2,1H3. The van der Waals surface area contributed by atoms with Gasteiger partial charge < -0.3 is 4.90 Å². The molecule has 2 fully saturated rings. The Labute approximate surface area is 199 Å². The number of sulfone groups is 1. The van der Waals surface area contributed by atoms with Crippen LogP contribution in [-0.2, 0) is 14.6 Å². The summed E-state index contributed by atoms with van der Waals surface area (Å²) in [6.45, 7) is 2.52. The predicted molar refractivity (Wildman–Crippen MR) is 127 cm³/mol. The fourth-order valence-corrected chi connectivity index (χ4v) is 7.47. The molecule has 0 N–H and O–H groups in total. The molecule has 2 heterocycles. The van der Waals surface area contributed by atoms with Gasteiger partial charge in [-0.05, 0) is 37.8 Å². The maximum Gasteiger partial charge on any atom is 0.233 e. The van der Waals surface area contributed by atoms with Crippen molar-refractivity contribution in [3.8, 4) is 11.4 Å². The number of halogens is 1. The summed E-state index contributed by atoms with van der Waals surface area (Å²) in [6, 6.07) is 6.49. The second-order valence-electron chi connectivity index (χ2n) is 8.88. The summed E-state index contributed by atoms with van der Waals surface area (Å²) in [7, 11) is -3.07. The molecule has 0 radical (unpaired) electrons. The Bertz CT molecular complexity index is 1080. The zero-order valence-corrected chi connectivity index (χ0v) is 20.6. The molecule has 4 rings (SSSR count). The molecule has 2 aliphatic rings. The number of rotatable bonds is 8.